The Labute approximate surface area is 92.0 Å². The summed E-state index contributed by atoms with van der Waals surface area (Å²) in [5.41, 5.74) is 0. The second-order valence-electron chi connectivity index (χ2n) is 4.45. The maximum atomic E-state index is 12.0. The van der Waals surface area contributed by atoms with Gasteiger partial charge < -0.3 is 15.0 Å². The van der Waals surface area contributed by atoms with Gasteiger partial charge in [0.05, 0.1) is 12.5 Å². The summed E-state index contributed by atoms with van der Waals surface area (Å²) in [4.78, 5) is 13.8. The molecular formula is C11H22N2O2. The molecule has 0 aromatic rings. The highest BCUT2D eigenvalue weighted by Gasteiger charge is 2.26. The zero-order valence-electron chi connectivity index (χ0n) is 9.95. The second kappa shape index (κ2) is 6.08. The molecule has 1 heterocycles. The second-order valence-corrected chi connectivity index (χ2v) is 4.45. The van der Waals surface area contributed by atoms with Gasteiger partial charge in [0, 0.05) is 27.2 Å². The van der Waals surface area contributed by atoms with Gasteiger partial charge in [-0.25, -0.2) is 0 Å². The highest BCUT2D eigenvalue weighted by Crippen LogP contribution is 2.17. The van der Waals surface area contributed by atoms with E-state index in [1.807, 2.05) is 7.05 Å². The van der Waals surface area contributed by atoms with E-state index in [1.54, 1.807) is 12.0 Å². The van der Waals surface area contributed by atoms with Gasteiger partial charge in [0.1, 0.15) is 0 Å². The number of likely N-dealkylation sites (N-methyl/N-ethyl adjacent to an activating group) is 1. The summed E-state index contributed by atoms with van der Waals surface area (Å²) in [5, 5.41) is 3.30. The smallest absolute Gasteiger partial charge is 0.226 e. The molecule has 15 heavy (non-hydrogen) atoms. The Morgan fingerprint density at radius 1 is 1.53 bits per heavy atom. The lowest BCUT2D eigenvalue weighted by Gasteiger charge is -2.30. The molecule has 2 atom stereocenters. The van der Waals surface area contributed by atoms with Crippen LogP contribution in [0.5, 0.6) is 0 Å². The van der Waals surface area contributed by atoms with Crippen LogP contribution in [0.1, 0.15) is 13.3 Å². The fraction of sp³-hybridized carbons (Fsp3) is 0.909. The molecular weight excluding hydrogens is 192 g/mol. The van der Waals surface area contributed by atoms with Crippen molar-refractivity contribution in [2.75, 3.05) is 40.4 Å². The fourth-order valence-electron chi connectivity index (χ4n) is 1.99. The van der Waals surface area contributed by atoms with Crippen LogP contribution in [0.4, 0.5) is 0 Å². The van der Waals surface area contributed by atoms with Crippen molar-refractivity contribution in [3.63, 3.8) is 0 Å². The normalized spacial score (nSPS) is 26.3. The number of hydrogen-bond donors (Lipinski definition) is 1. The van der Waals surface area contributed by atoms with Crippen molar-refractivity contribution in [2.24, 2.45) is 11.8 Å². The Balaban J connectivity index is 2.37. The Morgan fingerprint density at radius 2 is 2.27 bits per heavy atom. The lowest BCUT2D eigenvalue weighted by Crippen LogP contribution is -2.44. The van der Waals surface area contributed by atoms with Crippen molar-refractivity contribution in [1.29, 1.82) is 0 Å². The molecule has 1 rings (SSSR count). The maximum absolute atomic E-state index is 12.0. The first kappa shape index (κ1) is 12.5. The van der Waals surface area contributed by atoms with Gasteiger partial charge in [0.25, 0.3) is 0 Å². The van der Waals surface area contributed by atoms with Crippen molar-refractivity contribution >= 4 is 5.91 Å². The van der Waals surface area contributed by atoms with E-state index in [1.165, 1.54) is 0 Å². The van der Waals surface area contributed by atoms with Crippen LogP contribution in [-0.2, 0) is 9.53 Å². The first-order valence-electron chi connectivity index (χ1n) is 5.59. The molecule has 0 bridgehead atoms. The van der Waals surface area contributed by atoms with Crippen molar-refractivity contribution in [3.8, 4) is 0 Å². The zero-order valence-corrected chi connectivity index (χ0v) is 9.95. The van der Waals surface area contributed by atoms with Crippen LogP contribution in [-0.4, -0.2) is 51.2 Å². The molecule has 0 saturated carbocycles. The number of ether oxygens (including phenoxy) is 1. The van der Waals surface area contributed by atoms with E-state index in [2.05, 4.69) is 12.2 Å². The van der Waals surface area contributed by atoms with Gasteiger partial charge in [-0.15, -0.1) is 0 Å². The lowest BCUT2D eigenvalue weighted by molar-refractivity contribution is -0.135. The summed E-state index contributed by atoms with van der Waals surface area (Å²) in [6.45, 7) is 5.33. The summed E-state index contributed by atoms with van der Waals surface area (Å²) in [5.74, 6) is 0.991. The van der Waals surface area contributed by atoms with Crippen LogP contribution in [0, 0.1) is 11.8 Å². The van der Waals surface area contributed by atoms with Gasteiger partial charge in [-0.05, 0) is 18.9 Å². The van der Waals surface area contributed by atoms with Gasteiger partial charge in [-0.2, -0.15) is 0 Å². The SMILES string of the molecule is COCCN(C)C(=O)C1CNCC(C)C1. The average Bonchev–Trinajstić information content (AvgIpc) is 2.24. The predicted octanol–water partition coefficient (Wildman–Crippen LogP) is 0.337. The summed E-state index contributed by atoms with van der Waals surface area (Å²) in [6.07, 6.45) is 1.00. The molecule has 0 spiro atoms. The zero-order chi connectivity index (χ0) is 11.3. The summed E-state index contributed by atoms with van der Waals surface area (Å²) in [6, 6.07) is 0. The molecule has 0 radical (unpaired) electrons. The number of nitrogens with zero attached hydrogens (tertiary/aromatic N) is 1. The van der Waals surface area contributed by atoms with E-state index in [4.69, 9.17) is 4.74 Å². The van der Waals surface area contributed by atoms with Crippen LogP contribution < -0.4 is 5.32 Å². The quantitative estimate of drug-likeness (QED) is 0.733. The van der Waals surface area contributed by atoms with Crippen molar-refractivity contribution in [3.05, 3.63) is 0 Å². The molecule has 2 unspecified atom stereocenters. The molecule has 4 heteroatoms. The predicted molar refractivity (Wildman–Crippen MR) is 59.7 cm³/mol. The third-order valence-electron chi connectivity index (χ3n) is 2.93. The Hall–Kier alpha value is -0.610. The Bertz CT molecular complexity index is 209. The molecule has 0 aromatic carbocycles. The molecule has 0 aliphatic carbocycles. The number of rotatable bonds is 4. The van der Waals surface area contributed by atoms with E-state index in [-0.39, 0.29) is 11.8 Å². The number of carbonyl (C=O) groups is 1. The molecule has 1 aliphatic rings. The van der Waals surface area contributed by atoms with Crippen molar-refractivity contribution in [1.82, 2.24) is 10.2 Å². The summed E-state index contributed by atoms with van der Waals surface area (Å²) in [7, 11) is 3.50. The van der Waals surface area contributed by atoms with E-state index in [0.29, 0.717) is 19.1 Å². The van der Waals surface area contributed by atoms with Gasteiger partial charge in [-0.1, -0.05) is 6.92 Å². The number of carbonyl (C=O) groups excluding carboxylic acids is 1. The van der Waals surface area contributed by atoms with Crippen LogP contribution >= 0.6 is 0 Å². The first-order chi connectivity index (χ1) is 7.15. The third kappa shape index (κ3) is 3.80. The highest BCUT2D eigenvalue weighted by molar-refractivity contribution is 5.78. The van der Waals surface area contributed by atoms with Crippen molar-refractivity contribution < 1.29 is 9.53 Å². The minimum atomic E-state index is 0.149. The van der Waals surface area contributed by atoms with E-state index < -0.39 is 0 Å². The topological polar surface area (TPSA) is 41.6 Å². The molecule has 1 fully saturated rings. The highest BCUT2D eigenvalue weighted by atomic mass is 16.5. The molecule has 1 N–H and O–H groups in total. The van der Waals surface area contributed by atoms with Crippen molar-refractivity contribution in [2.45, 2.75) is 13.3 Å². The monoisotopic (exact) mass is 214 g/mol. The number of nitrogens with one attached hydrogen (secondary N) is 1. The summed E-state index contributed by atoms with van der Waals surface area (Å²) < 4.78 is 4.96. The number of piperidine rings is 1. The molecule has 1 aliphatic heterocycles. The molecule has 1 amide bonds. The summed E-state index contributed by atoms with van der Waals surface area (Å²) >= 11 is 0. The average molecular weight is 214 g/mol. The van der Waals surface area contributed by atoms with Crippen LogP contribution in [0.2, 0.25) is 0 Å². The standard InChI is InChI=1S/C11H22N2O2/c1-9-6-10(8-12-7-9)11(14)13(2)4-5-15-3/h9-10,12H,4-8H2,1-3H3. The maximum Gasteiger partial charge on any atom is 0.226 e. The molecule has 88 valence electrons. The first-order valence-corrected chi connectivity index (χ1v) is 5.59. The Kier molecular flexibility index (Phi) is 5.05. The van der Waals surface area contributed by atoms with Crippen LogP contribution in [0.3, 0.4) is 0 Å². The fourth-order valence-corrected chi connectivity index (χ4v) is 1.99. The van der Waals surface area contributed by atoms with Gasteiger partial charge in [0.15, 0.2) is 0 Å². The van der Waals surface area contributed by atoms with Crippen LogP contribution in [0.25, 0.3) is 0 Å². The lowest BCUT2D eigenvalue weighted by atomic mass is 9.91. The largest absolute Gasteiger partial charge is 0.383 e. The number of amides is 1. The minimum Gasteiger partial charge on any atom is -0.383 e. The number of hydrogen-bond acceptors (Lipinski definition) is 3. The molecule has 4 nitrogen and oxygen atoms in total. The van der Waals surface area contributed by atoms with E-state index in [0.717, 1.165) is 19.5 Å². The molecule has 1 saturated heterocycles. The van der Waals surface area contributed by atoms with Crippen LogP contribution in [0.15, 0.2) is 0 Å². The third-order valence-corrected chi connectivity index (χ3v) is 2.93. The van der Waals surface area contributed by atoms with Gasteiger partial charge in [-0.3, -0.25) is 4.79 Å². The minimum absolute atomic E-state index is 0.149. The Morgan fingerprint density at radius 3 is 2.87 bits per heavy atom. The molecule has 0 aromatic heterocycles. The number of methoxy groups -OCH3 is 1. The van der Waals surface area contributed by atoms with E-state index in [9.17, 15) is 4.79 Å². The van der Waals surface area contributed by atoms with Gasteiger partial charge >= 0.3 is 0 Å². The van der Waals surface area contributed by atoms with Gasteiger partial charge in [0.2, 0.25) is 5.91 Å². The van der Waals surface area contributed by atoms with E-state index >= 15 is 0 Å².